The van der Waals surface area contributed by atoms with Crippen molar-refractivity contribution in [1.29, 1.82) is 0 Å². The Morgan fingerprint density at radius 2 is 1.89 bits per heavy atom. The first-order chi connectivity index (χ1) is 8.90. The highest BCUT2D eigenvalue weighted by Gasteiger charge is 2.18. The Kier molecular flexibility index (Phi) is 8.32. The first kappa shape index (κ1) is 17.2. The summed E-state index contributed by atoms with van der Waals surface area (Å²) in [7, 11) is 1.49. The molecule has 1 unspecified atom stereocenters. The smallest absolute Gasteiger partial charge is 0.317 e. The number of nitrogens with one attached hydrogen (secondary N) is 2. The van der Waals surface area contributed by atoms with E-state index < -0.39 is 18.0 Å². The minimum Gasteiger partial charge on any atom is -0.481 e. The molecule has 1 atom stereocenters. The summed E-state index contributed by atoms with van der Waals surface area (Å²) in [6.07, 6.45) is 1.23. The molecule has 0 aliphatic rings. The summed E-state index contributed by atoms with van der Waals surface area (Å²) in [6, 6.07) is -0.870. The summed E-state index contributed by atoms with van der Waals surface area (Å²) in [5.74, 6) is -1.19. The van der Waals surface area contributed by atoms with E-state index in [0.717, 1.165) is 6.42 Å². The number of carboxylic acids is 1. The maximum Gasteiger partial charge on any atom is 0.317 e. The van der Waals surface area contributed by atoms with Crippen LogP contribution in [0.25, 0.3) is 0 Å². The zero-order valence-corrected chi connectivity index (χ0v) is 11.7. The van der Waals surface area contributed by atoms with Gasteiger partial charge in [0.25, 0.3) is 0 Å². The molecule has 7 heteroatoms. The van der Waals surface area contributed by atoms with Gasteiger partial charge in [0.1, 0.15) is 6.54 Å². The number of urea groups is 1. The SMILES string of the molecule is CCCNC(=O)CN(C)C(=O)NC(CC)CC(=O)O. The van der Waals surface area contributed by atoms with Gasteiger partial charge >= 0.3 is 12.0 Å². The molecule has 0 rings (SSSR count). The number of aliphatic carboxylic acids is 1. The molecule has 110 valence electrons. The highest BCUT2D eigenvalue weighted by Crippen LogP contribution is 1.99. The normalized spacial score (nSPS) is 11.5. The van der Waals surface area contributed by atoms with Crippen LogP contribution >= 0.6 is 0 Å². The number of amides is 3. The van der Waals surface area contributed by atoms with Gasteiger partial charge in [-0.2, -0.15) is 0 Å². The van der Waals surface area contributed by atoms with Crippen LogP contribution in [0.15, 0.2) is 0 Å². The van der Waals surface area contributed by atoms with Crippen LogP contribution in [0.4, 0.5) is 4.79 Å². The van der Waals surface area contributed by atoms with Gasteiger partial charge in [-0.25, -0.2) is 4.79 Å². The lowest BCUT2D eigenvalue weighted by atomic mass is 10.1. The molecular formula is C12H23N3O4. The molecule has 0 heterocycles. The summed E-state index contributed by atoms with van der Waals surface area (Å²) < 4.78 is 0. The van der Waals surface area contributed by atoms with Crippen LogP contribution in [-0.2, 0) is 9.59 Å². The highest BCUT2D eigenvalue weighted by molar-refractivity contribution is 5.84. The number of carbonyl (C=O) groups is 3. The lowest BCUT2D eigenvalue weighted by Crippen LogP contribution is -2.47. The topological polar surface area (TPSA) is 98.7 Å². The predicted molar refractivity (Wildman–Crippen MR) is 70.8 cm³/mol. The third-order valence-electron chi connectivity index (χ3n) is 2.54. The summed E-state index contributed by atoms with van der Waals surface area (Å²) >= 11 is 0. The number of likely N-dealkylation sites (N-methyl/N-ethyl adjacent to an activating group) is 1. The van der Waals surface area contributed by atoms with Crippen molar-refractivity contribution in [2.45, 2.75) is 39.2 Å². The van der Waals surface area contributed by atoms with E-state index in [1.807, 2.05) is 6.92 Å². The quantitative estimate of drug-likeness (QED) is 0.596. The average molecular weight is 273 g/mol. The molecule has 0 aliphatic carbocycles. The number of hydrogen-bond acceptors (Lipinski definition) is 3. The average Bonchev–Trinajstić information content (AvgIpc) is 2.34. The van der Waals surface area contributed by atoms with Crippen molar-refractivity contribution in [2.24, 2.45) is 0 Å². The fourth-order valence-corrected chi connectivity index (χ4v) is 1.40. The van der Waals surface area contributed by atoms with E-state index >= 15 is 0 Å². The van der Waals surface area contributed by atoms with Gasteiger partial charge in [0, 0.05) is 19.6 Å². The number of carbonyl (C=O) groups excluding carboxylic acids is 2. The Morgan fingerprint density at radius 3 is 2.37 bits per heavy atom. The third kappa shape index (κ3) is 8.01. The molecule has 0 aliphatic heterocycles. The molecule has 0 fully saturated rings. The van der Waals surface area contributed by atoms with Gasteiger partial charge in [-0.3, -0.25) is 9.59 Å². The molecular weight excluding hydrogens is 250 g/mol. The highest BCUT2D eigenvalue weighted by atomic mass is 16.4. The van der Waals surface area contributed by atoms with Gasteiger partial charge in [-0.15, -0.1) is 0 Å². The Hall–Kier alpha value is -1.79. The second kappa shape index (κ2) is 9.18. The van der Waals surface area contributed by atoms with Crippen LogP contribution in [0.2, 0.25) is 0 Å². The Labute approximate surface area is 113 Å². The Bertz CT molecular complexity index is 320. The minimum atomic E-state index is -0.963. The monoisotopic (exact) mass is 273 g/mol. The van der Waals surface area contributed by atoms with Gasteiger partial charge in [-0.05, 0) is 12.8 Å². The van der Waals surface area contributed by atoms with Gasteiger partial charge in [-0.1, -0.05) is 13.8 Å². The van der Waals surface area contributed by atoms with E-state index in [4.69, 9.17) is 5.11 Å². The largest absolute Gasteiger partial charge is 0.481 e. The predicted octanol–water partition coefficient (Wildman–Crippen LogP) is 0.407. The van der Waals surface area contributed by atoms with Crippen molar-refractivity contribution in [1.82, 2.24) is 15.5 Å². The second-order valence-corrected chi connectivity index (χ2v) is 4.36. The molecule has 0 spiro atoms. The van der Waals surface area contributed by atoms with Crippen LogP contribution in [0.5, 0.6) is 0 Å². The van der Waals surface area contributed by atoms with Gasteiger partial charge in [0.05, 0.1) is 6.42 Å². The first-order valence-electron chi connectivity index (χ1n) is 6.40. The number of nitrogens with zero attached hydrogens (tertiary/aromatic N) is 1. The maximum absolute atomic E-state index is 11.7. The lowest BCUT2D eigenvalue weighted by Gasteiger charge is -2.21. The van der Waals surface area contributed by atoms with Crippen molar-refractivity contribution in [3.8, 4) is 0 Å². The van der Waals surface area contributed by atoms with Crippen molar-refractivity contribution >= 4 is 17.9 Å². The molecule has 3 amide bonds. The van der Waals surface area contributed by atoms with E-state index in [1.54, 1.807) is 6.92 Å². The van der Waals surface area contributed by atoms with E-state index in [9.17, 15) is 14.4 Å². The second-order valence-electron chi connectivity index (χ2n) is 4.36. The summed E-state index contributed by atoms with van der Waals surface area (Å²) in [6.45, 7) is 4.26. The molecule has 19 heavy (non-hydrogen) atoms. The van der Waals surface area contributed by atoms with Crippen molar-refractivity contribution < 1.29 is 19.5 Å². The van der Waals surface area contributed by atoms with Crippen LogP contribution in [0.3, 0.4) is 0 Å². The fourth-order valence-electron chi connectivity index (χ4n) is 1.40. The molecule has 0 saturated heterocycles. The zero-order chi connectivity index (χ0) is 14.8. The number of rotatable bonds is 8. The van der Waals surface area contributed by atoms with Crippen LogP contribution in [0, 0.1) is 0 Å². The Balaban J connectivity index is 4.17. The molecule has 7 nitrogen and oxygen atoms in total. The van der Waals surface area contributed by atoms with Crippen LogP contribution in [0.1, 0.15) is 33.1 Å². The Morgan fingerprint density at radius 1 is 1.26 bits per heavy atom. The molecule has 0 aromatic carbocycles. The van der Waals surface area contributed by atoms with Crippen LogP contribution < -0.4 is 10.6 Å². The third-order valence-corrected chi connectivity index (χ3v) is 2.54. The standard InChI is InChI=1S/C12H23N3O4/c1-4-6-13-10(16)8-15(3)12(19)14-9(5-2)7-11(17)18/h9H,4-8H2,1-3H3,(H,13,16)(H,14,19)(H,17,18). The molecule has 0 saturated carbocycles. The summed E-state index contributed by atoms with van der Waals surface area (Å²) in [5.41, 5.74) is 0. The van der Waals surface area contributed by atoms with E-state index in [1.165, 1.54) is 11.9 Å². The lowest BCUT2D eigenvalue weighted by molar-refractivity contribution is -0.137. The molecule has 0 radical (unpaired) electrons. The van der Waals surface area contributed by atoms with Gasteiger partial charge in [0.2, 0.25) is 5.91 Å². The van der Waals surface area contributed by atoms with Crippen molar-refractivity contribution in [2.75, 3.05) is 20.1 Å². The first-order valence-corrected chi connectivity index (χ1v) is 6.40. The van der Waals surface area contributed by atoms with Crippen molar-refractivity contribution in [3.63, 3.8) is 0 Å². The summed E-state index contributed by atoms with van der Waals surface area (Å²) in [4.78, 5) is 35.0. The zero-order valence-electron chi connectivity index (χ0n) is 11.7. The molecule has 0 aromatic rings. The van der Waals surface area contributed by atoms with Crippen LogP contribution in [-0.4, -0.2) is 54.1 Å². The van der Waals surface area contributed by atoms with E-state index in [0.29, 0.717) is 13.0 Å². The minimum absolute atomic E-state index is 0.0463. The molecule has 0 bridgehead atoms. The van der Waals surface area contributed by atoms with E-state index in [-0.39, 0.29) is 18.9 Å². The van der Waals surface area contributed by atoms with Crippen molar-refractivity contribution in [3.05, 3.63) is 0 Å². The van der Waals surface area contributed by atoms with E-state index in [2.05, 4.69) is 10.6 Å². The molecule has 0 aromatic heterocycles. The maximum atomic E-state index is 11.7. The summed E-state index contributed by atoms with van der Waals surface area (Å²) in [5, 5.41) is 13.9. The fraction of sp³-hybridized carbons (Fsp3) is 0.750. The molecule has 3 N–H and O–H groups in total. The van der Waals surface area contributed by atoms with Gasteiger partial charge in [0.15, 0.2) is 0 Å². The number of hydrogen-bond donors (Lipinski definition) is 3. The number of carboxylic acid groups (broad SMARTS) is 1. The van der Waals surface area contributed by atoms with Gasteiger partial charge < -0.3 is 20.6 Å².